The van der Waals surface area contributed by atoms with Crippen LogP contribution in [0.15, 0.2) is 83.0 Å². The number of fused-ring (bicyclic) bond motifs is 1. The summed E-state index contributed by atoms with van der Waals surface area (Å²) in [5, 5.41) is 14.0. The Kier molecular flexibility index (Phi) is 5.76. The SMILES string of the molecule is Cc1cc(C)cc(NC2=C(NS(=O)(=O)c3cccc([N+](=O)[O-])c3)C(=O)c3ccccc3C2=O)c1. The zero-order valence-electron chi connectivity index (χ0n) is 18.2. The first-order valence-electron chi connectivity index (χ1n) is 10.1. The fourth-order valence-electron chi connectivity index (χ4n) is 3.74. The van der Waals surface area contributed by atoms with Crippen LogP contribution in [-0.4, -0.2) is 24.9 Å². The summed E-state index contributed by atoms with van der Waals surface area (Å²) >= 11 is 0. The zero-order chi connectivity index (χ0) is 24.6. The molecule has 0 saturated heterocycles. The molecular formula is C24H19N3O6S. The van der Waals surface area contributed by atoms with Gasteiger partial charge in [-0.25, -0.2) is 8.42 Å². The van der Waals surface area contributed by atoms with Gasteiger partial charge in [0.1, 0.15) is 11.4 Å². The molecule has 3 aromatic carbocycles. The summed E-state index contributed by atoms with van der Waals surface area (Å²) in [6, 6.07) is 15.9. The van der Waals surface area contributed by atoms with Crippen LogP contribution in [0.4, 0.5) is 11.4 Å². The van der Waals surface area contributed by atoms with E-state index in [2.05, 4.69) is 10.0 Å². The fraction of sp³-hybridized carbons (Fsp3) is 0.0833. The first-order chi connectivity index (χ1) is 16.1. The number of non-ortho nitro benzene ring substituents is 1. The Balaban J connectivity index is 1.84. The highest BCUT2D eigenvalue weighted by Crippen LogP contribution is 2.28. The average Bonchev–Trinajstić information content (AvgIpc) is 2.79. The standard InChI is InChI=1S/C24H19N3O6S/c1-14-10-15(2)12-16(11-14)25-21-22(24(29)20-9-4-3-8-19(20)23(21)28)26-34(32,33)18-7-5-6-17(13-18)27(30)31/h3-13,25-26H,1-2H3. The van der Waals surface area contributed by atoms with E-state index >= 15 is 0 Å². The molecule has 0 bridgehead atoms. The summed E-state index contributed by atoms with van der Waals surface area (Å²) in [6.45, 7) is 3.73. The lowest BCUT2D eigenvalue weighted by molar-refractivity contribution is -0.385. The molecule has 2 N–H and O–H groups in total. The van der Waals surface area contributed by atoms with Gasteiger partial charge in [-0.2, -0.15) is 0 Å². The maximum absolute atomic E-state index is 13.3. The lowest BCUT2D eigenvalue weighted by atomic mass is 9.90. The Morgan fingerprint density at radius 3 is 1.97 bits per heavy atom. The number of carbonyl (C=O) groups is 2. The first-order valence-corrected chi connectivity index (χ1v) is 11.6. The number of carbonyl (C=O) groups excluding carboxylic acids is 2. The Morgan fingerprint density at radius 1 is 0.794 bits per heavy atom. The second-order valence-electron chi connectivity index (χ2n) is 7.82. The molecule has 0 atom stereocenters. The van der Waals surface area contributed by atoms with Crippen LogP contribution >= 0.6 is 0 Å². The topological polar surface area (TPSA) is 135 Å². The molecule has 0 fully saturated rings. The van der Waals surface area contributed by atoms with E-state index in [9.17, 15) is 28.1 Å². The molecule has 3 aromatic rings. The van der Waals surface area contributed by atoms with Crippen LogP contribution in [0, 0.1) is 24.0 Å². The Morgan fingerprint density at radius 2 is 1.38 bits per heavy atom. The van der Waals surface area contributed by atoms with Crippen LogP contribution in [0.3, 0.4) is 0 Å². The fourth-order valence-corrected chi connectivity index (χ4v) is 4.86. The van der Waals surface area contributed by atoms with Gasteiger partial charge in [0, 0.05) is 28.9 Å². The van der Waals surface area contributed by atoms with Crippen molar-refractivity contribution in [1.82, 2.24) is 4.72 Å². The molecule has 9 nitrogen and oxygen atoms in total. The van der Waals surface area contributed by atoms with E-state index in [-0.39, 0.29) is 16.8 Å². The molecule has 0 saturated carbocycles. The van der Waals surface area contributed by atoms with Gasteiger partial charge in [-0.05, 0) is 43.2 Å². The number of rotatable bonds is 6. The lowest BCUT2D eigenvalue weighted by Gasteiger charge is -2.23. The molecule has 0 unspecified atom stereocenters. The number of anilines is 1. The molecule has 0 aromatic heterocycles. The normalized spacial score (nSPS) is 13.5. The number of nitro groups is 1. The number of ketones is 2. The minimum absolute atomic E-state index is 0.0511. The molecule has 0 heterocycles. The van der Waals surface area contributed by atoms with Gasteiger partial charge in [0.25, 0.3) is 15.7 Å². The van der Waals surface area contributed by atoms with E-state index in [4.69, 9.17) is 0 Å². The van der Waals surface area contributed by atoms with E-state index in [1.54, 1.807) is 24.3 Å². The third kappa shape index (κ3) is 4.30. The summed E-state index contributed by atoms with van der Waals surface area (Å²) in [5.41, 5.74) is 1.36. The van der Waals surface area contributed by atoms with Crippen molar-refractivity contribution >= 4 is 33.0 Å². The number of hydrogen-bond acceptors (Lipinski definition) is 7. The quantitative estimate of drug-likeness (QED) is 0.406. The number of nitro benzene ring substituents is 1. The van der Waals surface area contributed by atoms with Crippen molar-refractivity contribution in [3.8, 4) is 0 Å². The van der Waals surface area contributed by atoms with Crippen LogP contribution in [0.2, 0.25) is 0 Å². The second-order valence-corrected chi connectivity index (χ2v) is 9.50. The Bertz CT molecular complexity index is 1490. The molecule has 10 heteroatoms. The third-order valence-corrected chi connectivity index (χ3v) is 6.53. The average molecular weight is 477 g/mol. The van der Waals surface area contributed by atoms with Crippen molar-refractivity contribution in [3.63, 3.8) is 0 Å². The van der Waals surface area contributed by atoms with Crippen LogP contribution in [0.25, 0.3) is 0 Å². The first kappa shape index (κ1) is 22.9. The van der Waals surface area contributed by atoms with Gasteiger partial charge < -0.3 is 5.32 Å². The molecule has 1 aliphatic carbocycles. The number of nitrogens with one attached hydrogen (secondary N) is 2. The molecule has 1 aliphatic rings. The van der Waals surface area contributed by atoms with E-state index < -0.39 is 42.8 Å². The van der Waals surface area contributed by atoms with Gasteiger partial charge in [-0.3, -0.25) is 24.4 Å². The number of benzene rings is 3. The third-order valence-electron chi connectivity index (χ3n) is 5.19. The van der Waals surface area contributed by atoms with Crippen molar-refractivity contribution in [3.05, 3.63) is 110 Å². The van der Waals surface area contributed by atoms with Crippen LogP contribution in [-0.2, 0) is 10.0 Å². The van der Waals surface area contributed by atoms with Gasteiger partial charge in [-0.1, -0.05) is 36.4 Å². The monoisotopic (exact) mass is 477 g/mol. The van der Waals surface area contributed by atoms with Crippen molar-refractivity contribution < 1.29 is 22.9 Å². The molecule has 0 amide bonds. The molecule has 172 valence electrons. The van der Waals surface area contributed by atoms with Crippen molar-refractivity contribution in [2.45, 2.75) is 18.7 Å². The van der Waals surface area contributed by atoms with Crippen molar-refractivity contribution in [2.75, 3.05) is 5.32 Å². The van der Waals surface area contributed by atoms with Crippen LogP contribution in [0.5, 0.6) is 0 Å². The second kappa shape index (κ2) is 8.56. The molecular weight excluding hydrogens is 458 g/mol. The molecule has 0 spiro atoms. The van der Waals surface area contributed by atoms with Gasteiger partial charge in [0.2, 0.25) is 11.6 Å². The molecule has 4 rings (SSSR count). The number of sulfonamides is 1. The maximum Gasteiger partial charge on any atom is 0.270 e. The van der Waals surface area contributed by atoms with E-state index in [1.807, 2.05) is 19.9 Å². The van der Waals surface area contributed by atoms with Crippen molar-refractivity contribution in [1.29, 1.82) is 0 Å². The van der Waals surface area contributed by atoms with Gasteiger partial charge in [0.15, 0.2) is 0 Å². The van der Waals surface area contributed by atoms with Crippen LogP contribution in [0.1, 0.15) is 31.8 Å². The number of aryl methyl sites for hydroxylation is 2. The minimum Gasteiger partial charge on any atom is -0.350 e. The largest absolute Gasteiger partial charge is 0.350 e. The Hall–Kier alpha value is -4.31. The van der Waals surface area contributed by atoms with Gasteiger partial charge >= 0.3 is 0 Å². The highest BCUT2D eigenvalue weighted by atomic mass is 32.2. The lowest BCUT2D eigenvalue weighted by Crippen LogP contribution is -2.36. The van der Waals surface area contributed by atoms with Gasteiger partial charge in [-0.15, -0.1) is 0 Å². The molecule has 0 aliphatic heterocycles. The van der Waals surface area contributed by atoms with Gasteiger partial charge in [0.05, 0.1) is 9.82 Å². The number of hydrogen-bond donors (Lipinski definition) is 2. The van der Waals surface area contributed by atoms with Crippen LogP contribution < -0.4 is 10.0 Å². The van der Waals surface area contributed by atoms with E-state index in [0.717, 1.165) is 29.3 Å². The summed E-state index contributed by atoms with van der Waals surface area (Å²) < 4.78 is 28.4. The number of nitrogens with zero attached hydrogens (tertiary/aromatic N) is 1. The zero-order valence-corrected chi connectivity index (χ0v) is 19.0. The van der Waals surface area contributed by atoms with E-state index in [1.165, 1.54) is 18.2 Å². The summed E-state index contributed by atoms with van der Waals surface area (Å²) in [6.07, 6.45) is 0. The predicted octanol–water partition coefficient (Wildman–Crippen LogP) is 3.89. The van der Waals surface area contributed by atoms with E-state index in [0.29, 0.717) is 5.69 Å². The minimum atomic E-state index is -4.44. The highest BCUT2D eigenvalue weighted by molar-refractivity contribution is 7.89. The van der Waals surface area contributed by atoms with Crippen molar-refractivity contribution in [2.24, 2.45) is 0 Å². The highest BCUT2D eigenvalue weighted by Gasteiger charge is 2.35. The Labute approximate surface area is 195 Å². The smallest absolute Gasteiger partial charge is 0.270 e. The molecule has 0 radical (unpaired) electrons. The number of allylic oxidation sites excluding steroid dienone is 2. The molecule has 34 heavy (non-hydrogen) atoms. The summed E-state index contributed by atoms with van der Waals surface area (Å²) in [4.78, 5) is 36.6. The number of Topliss-reactive ketones (excluding diaryl/α,β-unsaturated/α-hetero) is 2. The predicted molar refractivity (Wildman–Crippen MR) is 125 cm³/mol. The summed E-state index contributed by atoms with van der Waals surface area (Å²) in [7, 11) is -4.44. The summed E-state index contributed by atoms with van der Waals surface area (Å²) in [5.74, 6) is -1.26. The maximum atomic E-state index is 13.3.